The zero-order chi connectivity index (χ0) is 24.0. The van der Waals surface area contributed by atoms with Gasteiger partial charge in [0.1, 0.15) is 17.3 Å². The van der Waals surface area contributed by atoms with Crippen molar-refractivity contribution in [1.82, 2.24) is 14.3 Å². The molecule has 9 heteroatoms. The van der Waals surface area contributed by atoms with Crippen LogP contribution in [-0.4, -0.2) is 58.4 Å². The molecule has 2 aliphatic heterocycles. The molecule has 2 saturated heterocycles. The van der Waals surface area contributed by atoms with Crippen LogP contribution in [0.2, 0.25) is 0 Å². The van der Waals surface area contributed by atoms with Gasteiger partial charge in [0.2, 0.25) is 11.8 Å². The molecule has 1 aromatic carbocycles. The number of hydrogen-bond acceptors (Lipinski definition) is 4. The first kappa shape index (κ1) is 22.5. The molecule has 4 heterocycles. The minimum Gasteiger partial charge on any atom is -0.374 e. The molecule has 1 unspecified atom stereocenters. The minimum absolute atomic E-state index is 0.0357. The number of hydrogen-bond donors (Lipinski definition) is 0. The number of amides is 2. The van der Waals surface area contributed by atoms with Crippen LogP contribution in [0.15, 0.2) is 30.5 Å². The fraction of sp³-hybridized carbons (Fsp3) is 0.400. The summed E-state index contributed by atoms with van der Waals surface area (Å²) >= 11 is 0. The summed E-state index contributed by atoms with van der Waals surface area (Å²) in [4.78, 5) is 31.7. The smallest absolute Gasteiger partial charge is 0.227 e. The summed E-state index contributed by atoms with van der Waals surface area (Å²) in [5, 5.41) is 0. The molecule has 34 heavy (non-hydrogen) atoms. The number of morpholine rings is 1. The number of benzene rings is 1. The van der Waals surface area contributed by atoms with Gasteiger partial charge < -0.3 is 18.9 Å². The van der Waals surface area contributed by atoms with Crippen LogP contribution in [-0.2, 0) is 20.7 Å². The first-order chi connectivity index (χ1) is 16.3. The second-order valence-corrected chi connectivity index (χ2v) is 8.93. The molecule has 0 spiro atoms. The summed E-state index contributed by atoms with van der Waals surface area (Å²) in [5.74, 6) is -1.72. The normalized spacial score (nSPS) is 18.8. The average molecular weight is 469 g/mol. The van der Waals surface area contributed by atoms with E-state index in [1.807, 2.05) is 29.7 Å². The van der Waals surface area contributed by atoms with Gasteiger partial charge in [-0.1, -0.05) is 0 Å². The number of aryl methyl sites for hydroxylation is 1. The second-order valence-electron chi connectivity index (χ2n) is 8.93. The highest BCUT2D eigenvalue weighted by Crippen LogP contribution is 2.34. The molecule has 2 aromatic heterocycles. The van der Waals surface area contributed by atoms with Crippen LogP contribution < -0.4 is 4.90 Å². The first-order valence-electron chi connectivity index (χ1n) is 11.5. The third-order valence-electron chi connectivity index (χ3n) is 6.53. The molecule has 7 nitrogen and oxygen atoms in total. The number of ether oxygens (including phenoxy) is 1. The molecule has 0 radical (unpaired) electrons. The van der Waals surface area contributed by atoms with E-state index in [1.54, 1.807) is 4.90 Å². The van der Waals surface area contributed by atoms with Gasteiger partial charge in [0.15, 0.2) is 0 Å². The Hall–Kier alpha value is -3.33. The molecule has 2 aliphatic rings. The van der Waals surface area contributed by atoms with Crippen molar-refractivity contribution < 1.29 is 23.1 Å². The lowest BCUT2D eigenvalue weighted by molar-refractivity contribution is -0.136. The molecule has 178 valence electrons. The van der Waals surface area contributed by atoms with Crippen molar-refractivity contribution in [2.75, 3.05) is 31.1 Å². The lowest BCUT2D eigenvalue weighted by Crippen LogP contribution is -2.45. The highest BCUT2D eigenvalue weighted by molar-refractivity contribution is 5.95. The van der Waals surface area contributed by atoms with Gasteiger partial charge in [-0.15, -0.1) is 0 Å². The molecular weight excluding hydrogens is 442 g/mol. The highest BCUT2D eigenvalue weighted by atomic mass is 19.1. The van der Waals surface area contributed by atoms with E-state index in [0.717, 1.165) is 5.56 Å². The number of rotatable bonds is 4. The van der Waals surface area contributed by atoms with Gasteiger partial charge in [0.05, 0.1) is 29.7 Å². The van der Waals surface area contributed by atoms with Gasteiger partial charge in [-0.05, 0) is 43.2 Å². The van der Waals surface area contributed by atoms with E-state index < -0.39 is 11.6 Å². The van der Waals surface area contributed by atoms with Crippen LogP contribution in [0.3, 0.4) is 0 Å². The maximum Gasteiger partial charge on any atom is 0.227 e. The zero-order valence-corrected chi connectivity index (χ0v) is 19.2. The number of anilines is 1. The van der Waals surface area contributed by atoms with Gasteiger partial charge in [0, 0.05) is 51.3 Å². The Labute approximate surface area is 195 Å². The fourth-order valence-electron chi connectivity index (χ4n) is 4.80. The maximum atomic E-state index is 15.4. The van der Waals surface area contributed by atoms with E-state index in [1.165, 1.54) is 24.0 Å². The van der Waals surface area contributed by atoms with E-state index in [9.17, 15) is 9.59 Å². The minimum atomic E-state index is -0.772. The lowest BCUT2D eigenvalue weighted by Gasteiger charge is -2.32. The molecule has 0 aliphatic carbocycles. The van der Waals surface area contributed by atoms with Crippen LogP contribution in [0.25, 0.3) is 16.9 Å². The molecule has 2 amide bonds. The van der Waals surface area contributed by atoms with Crippen molar-refractivity contribution in [1.29, 1.82) is 0 Å². The Kier molecular flexibility index (Phi) is 5.81. The number of aromatic nitrogens is 2. The summed E-state index contributed by atoms with van der Waals surface area (Å²) in [7, 11) is 0. The van der Waals surface area contributed by atoms with Crippen molar-refractivity contribution in [2.45, 2.75) is 39.2 Å². The molecular formula is C25H26F2N4O3. The quantitative estimate of drug-likeness (QED) is 0.588. The third kappa shape index (κ3) is 4.04. The van der Waals surface area contributed by atoms with Crippen molar-refractivity contribution in [3.05, 3.63) is 53.4 Å². The molecule has 1 atom stereocenters. The Balaban J connectivity index is 1.58. The second kappa shape index (κ2) is 8.79. The van der Waals surface area contributed by atoms with Crippen molar-refractivity contribution in [3.8, 4) is 11.3 Å². The van der Waals surface area contributed by atoms with E-state index in [2.05, 4.69) is 4.98 Å². The summed E-state index contributed by atoms with van der Waals surface area (Å²) in [6.45, 7) is 5.20. The van der Waals surface area contributed by atoms with Crippen LogP contribution >= 0.6 is 0 Å². The van der Waals surface area contributed by atoms with Crippen LogP contribution in [0.5, 0.6) is 0 Å². The van der Waals surface area contributed by atoms with Gasteiger partial charge in [-0.2, -0.15) is 0 Å². The SMILES string of the molecule is CC(=O)N1CCOC(Cc2c(-c3c(F)cc(N4CCCC4=O)cc3F)nc3cc(C)ccn23)C1. The molecule has 0 saturated carbocycles. The van der Waals surface area contributed by atoms with Crippen molar-refractivity contribution >= 4 is 23.1 Å². The summed E-state index contributed by atoms with van der Waals surface area (Å²) in [6, 6.07) is 6.16. The van der Waals surface area contributed by atoms with Crippen LogP contribution in [0.4, 0.5) is 14.5 Å². The third-order valence-corrected chi connectivity index (χ3v) is 6.53. The Morgan fingerprint density at radius 2 is 1.97 bits per heavy atom. The number of carbonyl (C=O) groups is 2. The number of halogens is 2. The Bertz CT molecular complexity index is 1270. The largest absolute Gasteiger partial charge is 0.374 e. The predicted molar refractivity (Wildman–Crippen MR) is 123 cm³/mol. The average Bonchev–Trinajstić information content (AvgIpc) is 3.37. The Morgan fingerprint density at radius 1 is 1.21 bits per heavy atom. The van der Waals surface area contributed by atoms with E-state index in [4.69, 9.17) is 4.74 Å². The van der Waals surface area contributed by atoms with E-state index in [-0.39, 0.29) is 34.9 Å². The van der Waals surface area contributed by atoms with Crippen LogP contribution in [0, 0.1) is 18.6 Å². The van der Waals surface area contributed by atoms with Crippen LogP contribution in [0.1, 0.15) is 31.0 Å². The van der Waals surface area contributed by atoms with E-state index in [0.29, 0.717) is 56.8 Å². The van der Waals surface area contributed by atoms with Gasteiger partial charge in [-0.3, -0.25) is 9.59 Å². The number of nitrogens with zero attached hydrogens (tertiary/aromatic N) is 4. The first-order valence-corrected chi connectivity index (χ1v) is 11.5. The van der Waals surface area contributed by atoms with Crippen molar-refractivity contribution in [2.24, 2.45) is 0 Å². The number of imidazole rings is 1. The Morgan fingerprint density at radius 3 is 2.65 bits per heavy atom. The lowest BCUT2D eigenvalue weighted by atomic mass is 10.0. The van der Waals surface area contributed by atoms with Gasteiger partial charge >= 0.3 is 0 Å². The van der Waals surface area contributed by atoms with Gasteiger partial charge in [-0.25, -0.2) is 13.8 Å². The predicted octanol–water partition coefficient (Wildman–Crippen LogP) is 3.50. The topological polar surface area (TPSA) is 67.2 Å². The molecule has 2 fully saturated rings. The molecule has 5 rings (SSSR count). The summed E-state index contributed by atoms with van der Waals surface area (Å²) in [6.07, 6.45) is 2.87. The monoisotopic (exact) mass is 468 g/mol. The summed E-state index contributed by atoms with van der Waals surface area (Å²) in [5.41, 5.74) is 2.33. The molecule has 3 aromatic rings. The van der Waals surface area contributed by atoms with Gasteiger partial charge in [0.25, 0.3) is 0 Å². The number of pyridine rings is 1. The number of fused-ring (bicyclic) bond motifs is 1. The maximum absolute atomic E-state index is 15.4. The fourth-order valence-corrected chi connectivity index (χ4v) is 4.80. The van der Waals surface area contributed by atoms with Crippen molar-refractivity contribution in [3.63, 3.8) is 0 Å². The van der Waals surface area contributed by atoms with E-state index >= 15 is 8.78 Å². The molecule has 0 bridgehead atoms. The highest BCUT2D eigenvalue weighted by Gasteiger charge is 2.29. The molecule has 0 N–H and O–H groups in total. The standard InChI is InChI=1S/C25H26F2N4O3/c1-15-5-7-31-21(13-18-14-29(16(2)32)8-9-34-18)25(28-22(31)10-15)24-19(26)11-17(12-20(24)27)30-6-3-4-23(30)33/h5,7,10-12,18H,3-4,6,8-9,13-14H2,1-2H3. The summed E-state index contributed by atoms with van der Waals surface area (Å²) < 4.78 is 38.5. The number of carbonyl (C=O) groups excluding carboxylic acids is 2. The zero-order valence-electron chi connectivity index (χ0n) is 19.2.